The molecule has 3 N–H and O–H groups in total. The summed E-state index contributed by atoms with van der Waals surface area (Å²) in [5, 5.41) is 4.38. The normalized spacial score (nSPS) is 12.6. The molecule has 0 amide bonds. The van der Waals surface area contributed by atoms with Crippen molar-refractivity contribution in [1.82, 2.24) is 9.97 Å². The number of aromatic nitrogens is 2. The molecule has 2 rings (SSSR count). The minimum atomic E-state index is 0.308. The summed E-state index contributed by atoms with van der Waals surface area (Å²) in [6.07, 6.45) is 2.09. The van der Waals surface area contributed by atoms with Crippen molar-refractivity contribution in [2.24, 2.45) is 0 Å². The van der Waals surface area contributed by atoms with Crippen LogP contribution >= 0.6 is 11.8 Å². The van der Waals surface area contributed by atoms with Gasteiger partial charge in [-0.2, -0.15) is 16.7 Å². The Morgan fingerprint density at radius 1 is 1.35 bits per heavy atom. The zero-order valence-electron chi connectivity index (χ0n) is 9.97. The molecule has 4 nitrogen and oxygen atoms in total. The van der Waals surface area contributed by atoms with Gasteiger partial charge < -0.3 is 11.1 Å². The average molecular weight is 248 g/mol. The number of fused-ring (bicyclic) bond motifs is 1. The van der Waals surface area contributed by atoms with E-state index in [4.69, 9.17) is 5.73 Å². The highest BCUT2D eigenvalue weighted by molar-refractivity contribution is 7.98. The SMILES string of the molecule is CSCC(C)Nc1nc(N)nc2ccccc12. The molecule has 0 saturated carbocycles. The van der Waals surface area contributed by atoms with Crippen LogP contribution in [0.25, 0.3) is 10.9 Å². The smallest absolute Gasteiger partial charge is 0.222 e. The van der Waals surface area contributed by atoms with Crippen LogP contribution in [0, 0.1) is 0 Å². The summed E-state index contributed by atoms with van der Waals surface area (Å²) >= 11 is 1.80. The summed E-state index contributed by atoms with van der Waals surface area (Å²) in [6, 6.07) is 8.22. The third kappa shape index (κ3) is 2.79. The van der Waals surface area contributed by atoms with Crippen LogP contribution in [0.2, 0.25) is 0 Å². The number of nitrogens with one attached hydrogen (secondary N) is 1. The Bertz CT molecular complexity index is 515. The molecule has 0 fully saturated rings. The summed E-state index contributed by atoms with van der Waals surface area (Å²) in [5.41, 5.74) is 6.58. The molecule has 0 spiro atoms. The molecule has 0 bridgehead atoms. The van der Waals surface area contributed by atoms with E-state index in [1.807, 2.05) is 24.3 Å². The maximum absolute atomic E-state index is 5.71. The second kappa shape index (κ2) is 5.23. The Morgan fingerprint density at radius 2 is 2.12 bits per heavy atom. The van der Waals surface area contributed by atoms with Gasteiger partial charge in [0, 0.05) is 17.2 Å². The molecule has 2 aromatic rings. The standard InChI is InChI=1S/C12H16N4S/c1-8(7-17-2)14-11-9-5-3-4-6-10(9)15-12(13)16-11/h3-6,8H,7H2,1-2H3,(H3,13,14,15,16). The Hall–Kier alpha value is -1.49. The van der Waals surface area contributed by atoms with Crippen LogP contribution in [0.1, 0.15) is 6.92 Å². The minimum absolute atomic E-state index is 0.308. The fraction of sp³-hybridized carbons (Fsp3) is 0.333. The van der Waals surface area contributed by atoms with Crippen molar-refractivity contribution in [3.05, 3.63) is 24.3 Å². The highest BCUT2D eigenvalue weighted by Crippen LogP contribution is 2.21. The van der Waals surface area contributed by atoms with Crippen molar-refractivity contribution in [3.63, 3.8) is 0 Å². The fourth-order valence-electron chi connectivity index (χ4n) is 1.73. The molecule has 0 aliphatic heterocycles. The first-order valence-corrected chi connectivity index (χ1v) is 6.88. The van der Waals surface area contributed by atoms with E-state index in [1.54, 1.807) is 11.8 Å². The van der Waals surface area contributed by atoms with Crippen molar-refractivity contribution in [2.75, 3.05) is 23.1 Å². The van der Waals surface area contributed by atoms with Gasteiger partial charge in [-0.25, -0.2) is 4.98 Å². The Balaban J connectivity index is 2.38. The summed E-state index contributed by atoms with van der Waals surface area (Å²) in [5.74, 6) is 2.15. The second-order valence-electron chi connectivity index (χ2n) is 3.95. The number of hydrogen-bond donors (Lipinski definition) is 2. The Morgan fingerprint density at radius 3 is 2.88 bits per heavy atom. The van der Waals surface area contributed by atoms with Gasteiger partial charge in [-0.05, 0) is 25.3 Å². The van der Waals surface area contributed by atoms with Gasteiger partial charge in [0.05, 0.1) is 5.52 Å². The number of benzene rings is 1. The maximum Gasteiger partial charge on any atom is 0.222 e. The van der Waals surface area contributed by atoms with Gasteiger partial charge in [-0.1, -0.05) is 12.1 Å². The average Bonchev–Trinajstić information content (AvgIpc) is 2.29. The largest absolute Gasteiger partial charge is 0.368 e. The van der Waals surface area contributed by atoms with Crippen LogP contribution in [0.3, 0.4) is 0 Å². The van der Waals surface area contributed by atoms with E-state index in [0.717, 1.165) is 22.5 Å². The van der Waals surface area contributed by atoms with Gasteiger partial charge in [-0.3, -0.25) is 0 Å². The highest BCUT2D eigenvalue weighted by atomic mass is 32.2. The summed E-state index contributed by atoms with van der Waals surface area (Å²) in [4.78, 5) is 8.48. The number of anilines is 2. The molecule has 1 aromatic carbocycles. The maximum atomic E-state index is 5.71. The molecular weight excluding hydrogens is 232 g/mol. The number of nitrogens with two attached hydrogens (primary N) is 1. The fourth-order valence-corrected chi connectivity index (χ4v) is 2.31. The highest BCUT2D eigenvalue weighted by Gasteiger charge is 2.08. The van der Waals surface area contributed by atoms with Gasteiger partial charge in [0.1, 0.15) is 5.82 Å². The van der Waals surface area contributed by atoms with Crippen molar-refractivity contribution in [2.45, 2.75) is 13.0 Å². The first kappa shape index (κ1) is 12.0. The van der Waals surface area contributed by atoms with Crippen LogP contribution in [-0.2, 0) is 0 Å². The van der Waals surface area contributed by atoms with E-state index in [0.29, 0.717) is 12.0 Å². The first-order chi connectivity index (χ1) is 8.20. The van der Waals surface area contributed by atoms with Gasteiger partial charge in [0.25, 0.3) is 0 Å². The zero-order chi connectivity index (χ0) is 12.3. The number of nitrogen functional groups attached to an aromatic ring is 1. The number of nitrogens with zero attached hydrogens (tertiary/aromatic N) is 2. The Labute approximate surface area is 105 Å². The molecule has 1 unspecified atom stereocenters. The lowest BCUT2D eigenvalue weighted by molar-refractivity contribution is 0.905. The monoisotopic (exact) mass is 248 g/mol. The number of thioether (sulfide) groups is 1. The first-order valence-electron chi connectivity index (χ1n) is 5.48. The molecule has 1 heterocycles. The second-order valence-corrected chi connectivity index (χ2v) is 4.86. The van der Waals surface area contributed by atoms with E-state index >= 15 is 0 Å². The van der Waals surface area contributed by atoms with Crippen molar-refractivity contribution >= 4 is 34.4 Å². The molecule has 5 heteroatoms. The Kier molecular flexibility index (Phi) is 3.68. The molecule has 1 atom stereocenters. The van der Waals surface area contributed by atoms with Crippen LogP contribution in [-0.4, -0.2) is 28.0 Å². The van der Waals surface area contributed by atoms with E-state index in [1.165, 1.54) is 0 Å². The van der Waals surface area contributed by atoms with E-state index < -0.39 is 0 Å². The van der Waals surface area contributed by atoms with Crippen LogP contribution in [0.15, 0.2) is 24.3 Å². The molecule has 0 radical (unpaired) electrons. The van der Waals surface area contributed by atoms with Crippen LogP contribution in [0.4, 0.5) is 11.8 Å². The van der Waals surface area contributed by atoms with Gasteiger partial charge in [0.2, 0.25) is 5.95 Å². The summed E-state index contributed by atoms with van der Waals surface area (Å²) < 4.78 is 0. The van der Waals surface area contributed by atoms with Gasteiger partial charge in [0.15, 0.2) is 0 Å². The van der Waals surface area contributed by atoms with Crippen molar-refractivity contribution in [1.29, 1.82) is 0 Å². The van der Waals surface area contributed by atoms with E-state index in [2.05, 4.69) is 28.5 Å². The molecule has 17 heavy (non-hydrogen) atoms. The van der Waals surface area contributed by atoms with Crippen LogP contribution in [0.5, 0.6) is 0 Å². The lowest BCUT2D eigenvalue weighted by Crippen LogP contribution is -2.19. The molecule has 0 saturated heterocycles. The quantitative estimate of drug-likeness (QED) is 0.869. The minimum Gasteiger partial charge on any atom is -0.368 e. The third-order valence-corrected chi connectivity index (χ3v) is 3.25. The van der Waals surface area contributed by atoms with E-state index in [9.17, 15) is 0 Å². The number of rotatable bonds is 4. The van der Waals surface area contributed by atoms with E-state index in [-0.39, 0.29) is 0 Å². The zero-order valence-corrected chi connectivity index (χ0v) is 10.8. The predicted molar refractivity (Wildman–Crippen MR) is 75.4 cm³/mol. The molecule has 0 aliphatic rings. The molecule has 1 aromatic heterocycles. The predicted octanol–water partition coefficient (Wildman–Crippen LogP) is 2.38. The van der Waals surface area contributed by atoms with Gasteiger partial charge in [-0.15, -0.1) is 0 Å². The van der Waals surface area contributed by atoms with Crippen LogP contribution < -0.4 is 11.1 Å². The number of hydrogen-bond acceptors (Lipinski definition) is 5. The third-order valence-electron chi connectivity index (χ3n) is 2.42. The van der Waals surface area contributed by atoms with Crippen molar-refractivity contribution < 1.29 is 0 Å². The van der Waals surface area contributed by atoms with Crippen molar-refractivity contribution in [3.8, 4) is 0 Å². The molecular formula is C12H16N4S. The molecule has 90 valence electrons. The summed E-state index contributed by atoms with van der Waals surface area (Å²) in [7, 11) is 0. The number of para-hydroxylation sites is 1. The lowest BCUT2D eigenvalue weighted by Gasteiger charge is -2.15. The topological polar surface area (TPSA) is 63.8 Å². The summed E-state index contributed by atoms with van der Waals surface area (Å²) in [6.45, 7) is 2.13. The molecule has 0 aliphatic carbocycles. The lowest BCUT2D eigenvalue weighted by atomic mass is 10.2. The van der Waals surface area contributed by atoms with Gasteiger partial charge >= 0.3 is 0 Å².